The van der Waals surface area contributed by atoms with Crippen LogP contribution in [0.4, 0.5) is 5.69 Å². The fourth-order valence-electron chi connectivity index (χ4n) is 2.70. The molecule has 1 saturated heterocycles. The van der Waals surface area contributed by atoms with E-state index in [1.807, 2.05) is 11.8 Å². The average Bonchev–Trinajstić information content (AvgIpc) is 2.48. The molecule has 0 bridgehead atoms. The van der Waals surface area contributed by atoms with Crippen LogP contribution in [-0.2, 0) is 6.54 Å². The quantitative estimate of drug-likeness (QED) is 0.777. The Morgan fingerprint density at radius 1 is 1.25 bits per heavy atom. The van der Waals surface area contributed by atoms with E-state index >= 15 is 0 Å². The third-order valence-corrected chi connectivity index (χ3v) is 4.72. The number of aliphatic hydroxyl groups excluding tert-OH is 1. The molecule has 4 nitrogen and oxygen atoms in total. The zero-order chi connectivity index (χ0) is 14.4. The summed E-state index contributed by atoms with van der Waals surface area (Å²) in [6.07, 6.45) is 0. The summed E-state index contributed by atoms with van der Waals surface area (Å²) in [7, 11) is 0. The van der Waals surface area contributed by atoms with Crippen molar-refractivity contribution in [3.8, 4) is 0 Å². The molecule has 0 saturated carbocycles. The fraction of sp³-hybridized carbons (Fsp3) is 0.600. The molecule has 5 heteroatoms. The Labute approximate surface area is 125 Å². The fourth-order valence-corrected chi connectivity index (χ4v) is 3.55. The molecule has 1 heterocycles. The van der Waals surface area contributed by atoms with Crippen LogP contribution in [0, 0.1) is 0 Å². The Balaban J connectivity index is 2.11. The van der Waals surface area contributed by atoms with Crippen molar-refractivity contribution in [2.75, 3.05) is 50.0 Å². The molecule has 0 atom stereocenters. The van der Waals surface area contributed by atoms with Gasteiger partial charge in [-0.3, -0.25) is 4.90 Å². The molecule has 1 aliphatic rings. The van der Waals surface area contributed by atoms with Crippen molar-refractivity contribution in [3.05, 3.63) is 23.8 Å². The van der Waals surface area contributed by atoms with Crippen molar-refractivity contribution in [2.24, 2.45) is 5.73 Å². The van der Waals surface area contributed by atoms with E-state index in [2.05, 4.69) is 34.9 Å². The number of nitrogens with zero attached hydrogens (tertiary/aromatic N) is 2. The van der Waals surface area contributed by atoms with Gasteiger partial charge in [0.1, 0.15) is 0 Å². The summed E-state index contributed by atoms with van der Waals surface area (Å²) in [5.74, 6) is 1.07. The van der Waals surface area contributed by atoms with E-state index in [0.29, 0.717) is 6.54 Å². The molecular formula is C15H25N3OS. The number of nitrogens with two attached hydrogens (primary N) is 1. The van der Waals surface area contributed by atoms with Crippen LogP contribution in [-0.4, -0.2) is 55.1 Å². The molecule has 2 rings (SSSR count). The highest BCUT2D eigenvalue weighted by molar-refractivity contribution is 7.99. The minimum absolute atomic E-state index is 0.247. The molecule has 0 aromatic heterocycles. The third kappa shape index (κ3) is 3.67. The van der Waals surface area contributed by atoms with Crippen LogP contribution in [0.2, 0.25) is 0 Å². The Bertz CT molecular complexity index is 420. The molecule has 0 unspecified atom stereocenters. The summed E-state index contributed by atoms with van der Waals surface area (Å²) >= 11 is 1.86. The maximum absolute atomic E-state index is 9.00. The highest BCUT2D eigenvalue weighted by Gasteiger charge is 2.19. The molecule has 1 aliphatic heterocycles. The molecule has 0 aliphatic carbocycles. The standard InChI is InChI=1S/C15H25N3OS/c1-2-20-15-5-3-4-14(13(15)12-16)18-8-6-17(7-9-18)10-11-19/h3-5,19H,2,6-12,16H2,1H3. The van der Waals surface area contributed by atoms with Crippen LogP contribution < -0.4 is 10.6 Å². The number of rotatable bonds is 6. The van der Waals surface area contributed by atoms with Gasteiger partial charge in [0.25, 0.3) is 0 Å². The van der Waals surface area contributed by atoms with Gasteiger partial charge in [-0.2, -0.15) is 0 Å². The first-order valence-corrected chi connectivity index (χ1v) is 8.31. The first kappa shape index (κ1) is 15.6. The number of anilines is 1. The first-order valence-electron chi connectivity index (χ1n) is 7.33. The van der Waals surface area contributed by atoms with Crippen LogP contribution in [0.25, 0.3) is 0 Å². The lowest BCUT2D eigenvalue weighted by Crippen LogP contribution is -2.47. The predicted molar refractivity (Wildman–Crippen MR) is 86.5 cm³/mol. The largest absolute Gasteiger partial charge is 0.395 e. The van der Waals surface area contributed by atoms with E-state index in [1.54, 1.807) is 0 Å². The van der Waals surface area contributed by atoms with Gasteiger partial charge in [0.2, 0.25) is 0 Å². The van der Waals surface area contributed by atoms with Crippen molar-refractivity contribution in [2.45, 2.75) is 18.4 Å². The summed E-state index contributed by atoms with van der Waals surface area (Å²) in [5.41, 5.74) is 8.54. The Morgan fingerprint density at radius 3 is 2.60 bits per heavy atom. The van der Waals surface area contributed by atoms with E-state index < -0.39 is 0 Å². The van der Waals surface area contributed by atoms with Crippen molar-refractivity contribution >= 4 is 17.4 Å². The number of thioether (sulfide) groups is 1. The van der Waals surface area contributed by atoms with Gasteiger partial charge in [-0.1, -0.05) is 13.0 Å². The average molecular weight is 295 g/mol. The Kier molecular flexibility index (Phi) is 6.16. The van der Waals surface area contributed by atoms with Gasteiger partial charge in [-0.05, 0) is 17.9 Å². The minimum Gasteiger partial charge on any atom is -0.395 e. The van der Waals surface area contributed by atoms with Crippen molar-refractivity contribution in [1.29, 1.82) is 0 Å². The summed E-state index contributed by atoms with van der Waals surface area (Å²) in [4.78, 5) is 6.05. The summed E-state index contributed by atoms with van der Waals surface area (Å²) in [6.45, 7) is 7.83. The number of piperazine rings is 1. The molecule has 20 heavy (non-hydrogen) atoms. The zero-order valence-corrected chi connectivity index (χ0v) is 13.0. The number of benzene rings is 1. The lowest BCUT2D eigenvalue weighted by Gasteiger charge is -2.37. The molecule has 112 valence electrons. The van der Waals surface area contributed by atoms with Crippen LogP contribution in [0.1, 0.15) is 12.5 Å². The monoisotopic (exact) mass is 295 g/mol. The Hall–Kier alpha value is -0.750. The second kappa shape index (κ2) is 7.88. The maximum atomic E-state index is 9.00. The number of β-amino-alcohol motifs (C(OH)–C–C–N with tert-alkyl or cyclic N) is 1. The van der Waals surface area contributed by atoms with Gasteiger partial charge in [0.15, 0.2) is 0 Å². The highest BCUT2D eigenvalue weighted by Crippen LogP contribution is 2.31. The second-order valence-corrected chi connectivity index (χ2v) is 6.25. The Morgan fingerprint density at radius 2 is 2.00 bits per heavy atom. The van der Waals surface area contributed by atoms with Crippen LogP contribution in [0.3, 0.4) is 0 Å². The summed E-state index contributed by atoms with van der Waals surface area (Å²) in [5, 5.41) is 9.00. The molecule has 0 spiro atoms. The van der Waals surface area contributed by atoms with E-state index in [1.165, 1.54) is 16.1 Å². The first-order chi connectivity index (χ1) is 9.80. The van der Waals surface area contributed by atoms with Gasteiger partial charge >= 0.3 is 0 Å². The van der Waals surface area contributed by atoms with Gasteiger partial charge in [0.05, 0.1) is 6.61 Å². The minimum atomic E-state index is 0.247. The van der Waals surface area contributed by atoms with E-state index in [0.717, 1.165) is 38.5 Å². The van der Waals surface area contributed by atoms with Crippen molar-refractivity contribution < 1.29 is 5.11 Å². The second-order valence-electron chi connectivity index (χ2n) is 4.94. The lowest BCUT2D eigenvalue weighted by atomic mass is 10.1. The topological polar surface area (TPSA) is 52.7 Å². The summed E-state index contributed by atoms with van der Waals surface area (Å²) < 4.78 is 0. The van der Waals surface area contributed by atoms with Crippen molar-refractivity contribution in [3.63, 3.8) is 0 Å². The molecule has 3 N–H and O–H groups in total. The number of hydrogen-bond acceptors (Lipinski definition) is 5. The normalized spacial score (nSPS) is 16.6. The molecule has 1 aromatic rings. The number of hydrogen-bond donors (Lipinski definition) is 2. The van der Waals surface area contributed by atoms with Crippen molar-refractivity contribution in [1.82, 2.24) is 4.90 Å². The van der Waals surface area contributed by atoms with E-state index in [9.17, 15) is 0 Å². The molecular weight excluding hydrogens is 270 g/mol. The van der Waals surface area contributed by atoms with Gasteiger partial charge in [-0.15, -0.1) is 11.8 Å². The van der Waals surface area contributed by atoms with Gasteiger partial charge < -0.3 is 15.7 Å². The molecule has 1 fully saturated rings. The van der Waals surface area contributed by atoms with Crippen LogP contribution >= 0.6 is 11.8 Å². The lowest BCUT2D eigenvalue weighted by molar-refractivity contribution is 0.188. The zero-order valence-electron chi connectivity index (χ0n) is 12.2. The molecule has 0 radical (unpaired) electrons. The SMILES string of the molecule is CCSc1cccc(N2CCN(CCO)CC2)c1CN. The summed E-state index contributed by atoms with van der Waals surface area (Å²) in [6, 6.07) is 6.48. The van der Waals surface area contributed by atoms with Gasteiger partial charge in [-0.25, -0.2) is 0 Å². The third-order valence-electron chi connectivity index (χ3n) is 3.74. The predicted octanol–water partition coefficient (Wildman–Crippen LogP) is 1.37. The van der Waals surface area contributed by atoms with Crippen LogP contribution in [0.5, 0.6) is 0 Å². The molecule has 1 aromatic carbocycles. The van der Waals surface area contributed by atoms with E-state index in [4.69, 9.17) is 10.8 Å². The van der Waals surface area contributed by atoms with Crippen LogP contribution in [0.15, 0.2) is 23.1 Å². The smallest absolute Gasteiger partial charge is 0.0558 e. The highest BCUT2D eigenvalue weighted by atomic mass is 32.2. The molecule has 0 amide bonds. The van der Waals surface area contributed by atoms with Gasteiger partial charge in [0, 0.05) is 55.4 Å². The number of aliphatic hydroxyl groups is 1. The van der Waals surface area contributed by atoms with E-state index in [-0.39, 0.29) is 6.61 Å². The maximum Gasteiger partial charge on any atom is 0.0558 e.